The van der Waals surface area contributed by atoms with E-state index in [1.807, 2.05) is 9.80 Å². The van der Waals surface area contributed by atoms with E-state index in [0.717, 1.165) is 51.7 Å². The minimum Gasteiger partial charge on any atom is -0.341 e. The van der Waals surface area contributed by atoms with Crippen LogP contribution in [0.3, 0.4) is 0 Å². The average molecular weight is 323 g/mol. The Morgan fingerprint density at radius 1 is 1.17 bits per heavy atom. The Morgan fingerprint density at radius 2 is 1.83 bits per heavy atom. The van der Waals surface area contributed by atoms with Gasteiger partial charge < -0.3 is 15.5 Å². The molecular weight excluding hydrogens is 290 g/mol. The highest BCUT2D eigenvalue weighted by molar-refractivity contribution is 5.88. The summed E-state index contributed by atoms with van der Waals surface area (Å²) < 4.78 is 0. The number of hydrogen-bond acceptors (Lipinski definition) is 3. The predicted molar refractivity (Wildman–Crippen MR) is 91.8 cm³/mol. The first-order valence-electron chi connectivity index (χ1n) is 9.24. The van der Waals surface area contributed by atoms with E-state index in [1.165, 1.54) is 0 Å². The minimum absolute atomic E-state index is 0.150. The molecule has 2 N–H and O–H groups in total. The van der Waals surface area contributed by atoms with Crippen molar-refractivity contribution in [1.82, 2.24) is 9.80 Å². The van der Waals surface area contributed by atoms with Crippen molar-refractivity contribution in [3.05, 3.63) is 0 Å². The van der Waals surface area contributed by atoms with Crippen LogP contribution in [0.25, 0.3) is 0 Å². The van der Waals surface area contributed by atoms with Gasteiger partial charge in [0.1, 0.15) is 6.04 Å². The van der Waals surface area contributed by atoms with Gasteiger partial charge in [-0.25, -0.2) is 0 Å². The summed E-state index contributed by atoms with van der Waals surface area (Å²) in [7, 11) is 0. The van der Waals surface area contributed by atoms with Gasteiger partial charge in [-0.1, -0.05) is 13.8 Å². The molecule has 0 aromatic carbocycles. The van der Waals surface area contributed by atoms with E-state index in [-0.39, 0.29) is 23.9 Å². The third kappa shape index (κ3) is 4.69. The lowest BCUT2D eigenvalue weighted by Gasteiger charge is -2.40. The van der Waals surface area contributed by atoms with Gasteiger partial charge in [0.15, 0.2) is 0 Å². The molecule has 2 rings (SSSR count). The van der Waals surface area contributed by atoms with E-state index >= 15 is 0 Å². The molecule has 0 radical (unpaired) electrons. The SMILES string of the molecule is CC(C)CC(C(=O)N1CCC(C(C)N)CC1)N1CCCCC1=O. The maximum absolute atomic E-state index is 13.1. The molecule has 2 aliphatic heterocycles. The summed E-state index contributed by atoms with van der Waals surface area (Å²) in [4.78, 5) is 29.2. The van der Waals surface area contributed by atoms with Crippen molar-refractivity contribution in [1.29, 1.82) is 0 Å². The van der Waals surface area contributed by atoms with Gasteiger partial charge in [-0.2, -0.15) is 0 Å². The summed E-state index contributed by atoms with van der Waals surface area (Å²) in [5.74, 6) is 1.22. The molecule has 0 saturated carbocycles. The maximum Gasteiger partial charge on any atom is 0.245 e. The average Bonchev–Trinajstić information content (AvgIpc) is 2.52. The van der Waals surface area contributed by atoms with Gasteiger partial charge in [0, 0.05) is 32.1 Å². The fourth-order valence-electron chi connectivity index (χ4n) is 3.82. The first-order chi connectivity index (χ1) is 10.9. The van der Waals surface area contributed by atoms with Crippen molar-refractivity contribution in [3.63, 3.8) is 0 Å². The summed E-state index contributed by atoms with van der Waals surface area (Å²) in [6.07, 6.45) is 5.28. The number of carbonyl (C=O) groups is 2. The lowest BCUT2D eigenvalue weighted by molar-refractivity contribution is -0.149. The van der Waals surface area contributed by atoms with Crippen molar-refractivity contribution < 1.29 is 9.59 Å². The molecule has 5 nitrogen and oxygen atoms in total. The van der Waals surface area contributed by atoms with Gasteiger partial charge >= 0.3 is 0 Å². The highest BCUT2D eigenvalue weighted by atomic mass is 16.2. The van der Waals surface area contributed by atoms with E-state index in [1.54, 1.807) is 0 Å². The molecular formula is C18H33N3O2. The van der Waals surface area contributed by atoms with Crippen molar-refractivity contribution in [2.45, 2.75) is 71.4 Å². The second-order valence-electron chi connectivity index (χ2n) is 7.71. The fourth-order valence-corrected chi connectivity index (χ4v) is 3.82. The van der Waals surface area contributed by atoms with Crippen LogP contribution >= 0.6 is 0 Å². The van der Waals surface area contributed by atoms with Crippen LogP contribution in [0.2, 0.25) is 0 Å². The van der Waals surface area contributed by atoms with Crippen LogP contribution in [0.1, 0.15) is 59.3 Å². The molecule has 0 spiro atoms. The van der Waals surface area contributed by atoms with Crippen LogP contribution in [-0.2, 0) is 9.59 Å². The molecule has 132 valence electrons. The Labute approximate surface area is 140 Å². The number of nitrogens with zero attached hydrogens (tertiary/aromatic N) is 2. The van der Waals surface area contributed by atoms with E-state index in [4.69, 9.17) is 5.73 Å². The van der Waals surface area contributed by atoms with E-state index < -0.39 is 0 Å². The number of nitrogens with two attached hydrogens (primary N) is 1. The number of carbonyl (C=O) groups excluding carboxylic acids is 2. The van der Waals surface area contributed by atoms with E-state index in [2.05, 4.69) is 20.8 Å². The number of hydrogen-bond donors (Lipinski definition) is 1. The first-order valence-corrected chi connectivity index (χ1v) is 9.24. The topological polar surface area (TPSA) is 66.6 Å². The van der Waals surface area contributed by atoms with Gasteiger partial charge in [0.2, 0.25) is 11.8 Å². The smallest absolute Gasteiger partial charge is 0.245 e. The third-order valence-electron chi connectivity index (χ3n) is 5.31. The molecule has 0 aromatic heterocycles. The second-order valence-corrected chi connectivity index (χ2v) is 7.71. The zero-order valence-electron chi connectivity index (χ0n) is 15.0. The highest BCUT2D eigenvalue weighted by Gasteiger charge is 2.35. The van der Waals surface area contributed by atoms with Crippen molar-refractivity contribution in [2.75, 3.05) is 19.6 Å². The molecule has 2 fully saturated rings. The van der Waals surface area contributed by atoms with Crippen LogP contribution in [0.5, 0.6) is 0 Å². The molecule has 2 heterocycles. The maximum atomic E-state index is 13.1. The van der Waals surface area contributed by atoms with Crippen LogP contribution in [0, 0.1) is 11.8 Å². The summed E-state index contributed by atoms with van der Waals surface area (Å²) in [6, 6.07) is -0.0722. The van der Waals surface area contributed by atoms with Gasteiger partial charge in [0.05, 0.1) is 0 Å². The van der Waals surface area contributed by atoms with Gasteiger partial charge in [-0.05, 0) is 50.9 Å². The summed E-state index contributed by atoms with van der Waals surface area (Å²) in [5, 5.41) is 0. The summed E-state index contributed by atoms with van der Waals surface area (Å²) in [6.45, 7) is 8.59. The highest BCUT2D eigenvalue weighted by Crippen LogP contribution is 2.24. The standard InChI is InChI=1S/C18H33N3O2/c1-13(2)12-16(21-9-5-4-6-17(21)22)18(23)20-10-7-15(8-11-20)14(3)19/h13-16H,4-12,19H2,1-3H3. The Kier molecular flexibility index (Phi) is 6.45. The van der Waals surface area contributed by atoms with Crippen molar-refractivity contribution >= 4 is 11.8 Å². The normalized spacial score (nSPS) is 23.3. The quantitative estimate of drug-likeness (QED) is 0.841. The first kappa shape index (κ1) is 18.2. The van der Waals surface area contributed by atoms with Gasteiger partial charge in [-0.3, -0.25) is 9.59 Å². The van der Waals surface area contributed by atoms with Crippen molar-refractivity contribution in [3.8, 4) is 0 Å². The lowest BCUT2D eigenvalue weighted by Crippen LogP contribution is -2.54. The van der Waals surface area contributed by atoms with Crippen LogP contribution in [0.15, 0.2) is 0 Å². The van der Waals surface area contributed by atoms with E-state index in [0.29, 0.717) is 18.3 Å². The summed E-state index contributed by atoms with van der Waals surface area (Å²) >= 11 is 0. The minimum atomic E-state index is -0.269. The molecule has 2 unspecified atom stereocenters. The fraction of sp³-hybridized carbons (Fsp3) is 0.889. The largest absolute Gasteiger partial charge is 0.341 e. The Bertz CT molecular complexity index is 414. The molecule has 2 amide bonds. The lowest BCUT2D eigenvalue weighted by atomic mass is 9.90. The Balaban J connectivity index is 2.03. The van der Waals surface area contributed by atoms with Gasteiger partial charge in [0.25, 0.3) is 0 Å². The molecule has 2 aliphatic rings. The Morgan fingerprint density at radius 3 is 2.35 bits per heavy atom. The monoisotopic (exact) mass is 323 g/mol. The van der Waals surface area contributed by atoms with Crippen molar-refractivity contribution in [2.24, 2.45) is 17.6 Å². The molecule has 2 saturated heterocycles. The van der Waals surface area contributed by atoms with Crippen LogP contribution < -0.4 is 5.73 Å². The number of piperidine rings is 2. The molecule has 0 aromatic rings. The molecule has 23 heavy (non-hydrogen) atoms. The predicted octanol–water partition coefficient (Wildman–Crippen LogP) is 2.00. The molecule has 0 bridgehead atoms. The Hall–Kier alpha value is -1.10. The zero-order chi connectivity index (χ0) is 17.0. The number of amides is 2. The van der Waals surface area contributed by atoms with Crippen LogP contribution in [-0.4, -0.2) is 53.3 Å². The molecule has 5 heteroatoms. The molecule has 0 aliphatic carbocycles. The van der Waals surface area contributed by atoms with Gasteiger partial charge in [-0.15, -0.1) is 0 Å². The molecule has 2 atom stereocenters. The summed E-state index contributed by atoms with van der Waals surface area (Å²) in [5.41, 5.74) is 5.99. The zero-order valence-corrected chi connectivity index (χ0v) is 15.0. The number of rotatable bonds is 5. The second kappa shape index (κ2) is 8.13. The third-order valence-corrected chi connectivity index (χ3v) is 5.31. The number of likely N-dealkylation sites (tertiary alicyclic amines) is 2. The van der Waals surface area contributed by atoms with Crippen LogP contribution in [0.4, 0.5) is 0 Å². The van der Waals surface area contributed by atoms with E-state index in [9.17, 15) is 9.59 Å².